The van der Waals surface area contributed by atoms with Crippen LogP contribution in [0.1, 0.15) is 15.9 Å². The molecule has 0 radical (unpaired) electrons. The number of anilines is 1. The van der Waals surface area contributed by atoms with Gasteiger partial charge in [-0.1, -0.05) is 48.0 Å². The van der Waals surface area contributed by atoms with Crippen molar-refractivity contribution in [3.63, 3.8) is 0 Å². The van der Waals surface area contributed by atoms with Gasteiger partial charge in [0.2, 0.25) is 5.91 Å². The maximum atomic E-state index is 12.2. The summed E-state index contributed by atoms with van der Waals surface area (Å²) in [5, 5.41) is 3.51. The SMILES string of the molecule is CN(C)C(=O)c1cccc(-c2ccc(NC(=O)Cc3cccc(Cl)c3)cc2)c1. The summed E-state index contributed by atoms with van der Waals surface area (Å²) < 4.78 is 0. The Hall–Kier alpha value is -3.11. The molecule has 1 N–H and O–H groups in total. The zero-order valence-corrected chi connectivity index (χ0v) is 16.5. The van der Waals surface area contributed by atoms with E-state index >= 15 is 0 Å². The first-order valence-corrected chi connectivity index (χ1v) is 9.26. The van der Waals surface area contributed by atoms with E-state index in [1.807, 2.05) is 54.6 Å². The Kier molecular flexibility index (Phi) is 6.12. The molecule has 0 bridgehead atoms. The van der Waals surface area contributed by atoms with Crippen molar-refractivity contribution in [2.75, 3.05) is 19.4 Å². The molecule has 0 fully saturated rings. The fourth-order valence-corrected chi connectivity index (χ4v) is 3.09. The van der Waals surface area contributed by atoms with E-state index in [1.165, 1.54) is 0 Å². The summed E-state index contributed by atoms with van der Waals surface area (Å²) in [6.45, 7) is 0. The monoisotopic (exact) mass is 392 g/mol. The van der Waals surface area contributed by atoms with Crippen molar-refractivity contribution in [2.24, 2.45) is 0 Å². The van der Waals surface area contributed by atoms with Gasteiger partial charge in [0.05, 0.1) is 6.42 Å². The number of benzene rings is 3. The van der Waals surface area contributed by atoms with Crippen molar-refractivity contribution < 1.29 is 9.59 Å². The Morgan fingerprint density at radius 2 is 1.61 bits per heavy atom. The zero-order chi connectivity index (χ0) is 20.1. The van der Waals surface area contributed by atoms with Gasteiger partial charge in [0, 0.05) is 30.4 Å². The molecule has 0 saturated carbocycles. The molecule has 0 aliphatic carbocycles. The van der Waals surface area contributed by atoms with Gasteiger partial charge in [-0.3, -0.25) is 9.59 Å². The van der Waals surface area contributed by atoms with Gasteiger partial charge >= 0.3 is 0 Å². The topological polar surface area (TPSA) is 49.4 Å². The number of carbonyl (C=O) groups excluding carboxylic acids is 2. The Morgan fingerprint density at radius 1 is 0.893 bits per heavy atom. The lowest BCUT2D eigenvalue weighted by atomic mass is 10.0. The van der Waals surface area contributed by atoms with Crippen LogP contribution in [0.2, 0.25) is 5.02 Å². The van der Waals surface area contributed by atoms with Crippen LogP contribution in [0, 0.1) is 0 Å². The minimum atomic E-state index is -0.103. The van der Waals surface area contributed by atoms with Gasteiger partial charge in [0.25, 0.3) is 5.91 Å². The average molecular weight is 393 g/mol. The van der Waals surface area contributed by atoms with E-state index in [2.05, 4.69) is 5.32 Å². The van der Waals surface area contributed by atoms with Gasteiger partial charge in [-0.05, 0) is 53.1 Å². The fraction of sp³-hybridized carbons (Fsp3) is 0.130. The molecule has 3 aromatic carbocycles. The molecule has 3 aromatic rings. The predicted octanol–water partition coefficient (Wildman–Crippen LogP) is 4.89. The second kappa shape index (κ2) is 8.72. The van der Waals surface area contributed by atoms with Gasteiger partial charge < -0.3 is 10.2 Å². The summed E-state index contributed by atoms with van der Waals surface area (Å²) >= 11 is 5.96. The van der Waals surface area contributed by atoms with Crippen LogP contribution in [-0.2, 0) is 11.2 Å². The van der Waals surface area contributed by atoms with Crippen molar-refractivity contribution in [1.29, 1.82) is 0 Å². The molecule has 142 valence electrons. The second-order valence-corrected chi connectivity index (χ2v) is 7.15. The molecule has 0 atom stereocenters. The highest BCUT2D eigenvalue weighted by atomic mass is 35.5. The summed E-state index contributed by atoms with van der Waals surface area (Å²) in [7, 11) is 3.46. The third-order valence-corrected chi connectivity index (χ3v) is 4.51. The second-order valence-electron chi connectivity index (χ2n) is 6.71. The normalized spacial score (nSPS) is 10.4. The number of rotatable bonds is 5. The van der Waals surface area contributed by atoms with E-state index in [0.717, 1.165) is 22.4 Å². The third-order valence-electron chi connectivity index (χ3n) is 4.27. The molecule has 3 rings (SSSR count). The van der Waals surface area contributed by atoms with Crippen LogP contribution in [0.5, 0.6) is 0 Å². The summed E-state index contributed by atoms with van der Waals surface area (Å²) in [6.07, 6.45) is 0.261. The van der Waals surface area contributed by atoms with Gasteiger partial charge in [-0.2, -0.15) is 0 Å². The van der Waals surface area contributed by atoms with E-state index in [4.69, 9.17) is 11.6 Å². The zero-order valence-electron chi connectivity index (χ0n) is 15.8. The maximum absolute atomic E-state index is 12.2. The molecule has 4 nitrogen and oxygen atoms in total. The molecule has 0 heterocycles. The van der Waals surface area contributed by atoms with E-state index in [0.29, 0.717) is 10.6 Å². The fourth-order valence-electron chi connectivity index (χ4n) is 2.87. The van der Waals surface area contributed by atoms with Crippen LogP contribution in [0.25, 0.3) is 11.1 Å². The largest absolute Gasteiger partial charge is 0.345 e. The van der Waals surface area contributed by atoms with Crippen LogP contribution in [-0.4, -0.2) is 30.8 Å². The van der Waals surface area contributed by atoms with Gasteiger partial charge in [-0.15, -0.1) is 0 Å². The smallest absolute Gasteiger partial charge is 0.253 e. The minimum Gasteiger partial charge on any atom is -0.345 e. The molecule has 0 saturated heterocycles. The van der Waals surface area contributed by atoms with E-state index < -0.39 is 0 Å². The molecule has 28 heavy (non-hydrogen) atoms. The number of nitrogens with zero attached hydrogens (tertiary/aromatic N) is 1. The Labute approximate surface area is 169 Å². The number of hydrogen-bond donors (Lipinski definition) is 1. The first kappa shape index (κ1) is 19.6. The highest BCUT2D eigenvalue weighted by Gasteiger charge is 2.09. The minimum absolute atomic E-state index is 0.0354. The molecule has 2 amide bonds. The van der Waals surface area contributed by atoms with Crippen molar-refractivity contribution in [3.8, 4) is 11.1 Å². The van der Waals surface area contributed by atoms with Crippen LogP contribution < -0.4 is 5.32 Å². The van der Waals surface area contributed by atoms with E-state index in [1.54, 1.807) is 37.2 Å². The average Bonchev–Trinajstić information content (AvgIpc) is 2.68. The van der Waals surface area contributed by atoms with Gasteiger partial charge in [0.15, 0.2) is 0 Å². The summed E-state index contributed by atoms with van der Waals surface area (Å²) in [5.41, 5.74) is 4.15. The molecular weight excluding hydrogens is 372 g/mol. The molecule has 0 spiro atoms. The standard InChI is InChI=1S/C23H21ClN2O2/c1-26(2)23(28)19-7-4-6-18(15-19)17-9-11-21(12-10-17)25-22(27)14-16-5-3-8-20(24)13-16/h3-13,15H,14H2,1-2H3,(H,25,27). The van der Waals surface area contributed by atoms with Crippen molar-refractivity contribution in [1.82, 2.24) is 4.90 Å². The van der Waals surface area contributed by atoms with Gasteiger partial charge in [-0.25, -0.2) is 0 Å². The number of nitrogens with one attached hydrogen (secondary N) is 1. The Balaban J connectivity index is 1.69. The lowest BCUT2D eigenvalue weighted by Gasteiger charge is -2.11. The molecule has 0 aliphatic rings. The van der Waals surface area contributed by atoms with Crippen molar-refractivity contribution in [3.05, 3.63) is 88.9 Å². The number of halogens is 1. The quantitative estimate of drug-likeness (QED) is 0.672. The van der Waals surface area contributed by atoms with Gasteiger partial charge in [0.1, 0.15) is 0 Å². The highest BCUT2D eigenvalue weighted by molar-refractivity contribution is 6.30. The third kappa shape index (κ3) is 4.99. The van der Waals surface area contributed by atoms with Crippen LogP contribution >= 0.6 is 11.6 Å². The van der Waals surface area contributed by atoms with Crippen LogP contribution in [0.3, 0.4) is 0 Å². The number of amides is 2. The summed E-state index contributed by atoms with van der Waals surface area (Å²) in [4.78, 5) is 25.9. The molecule has 0 aliphatic heterocycles. The van der Waals surface area contributed by atoms with E-state index in [9.17, 15) is 9.59 Å². The van der Waals surface area contributed by atoms with Crippen LogP contribution in [0.15, 0.2) is 72.8 Å². The van der Waals surface area contributed by atoms with Crippen molar-refractivity contribution in [2.45, 2.75) is 6.42 Å². The lowest BCUT2D eigenvalue weighted by molar-refractivity contribution is -0.115. The number of hydrogen-bond acceptors (Lipinski definition) is 2. The first-order chi connectivity index (χ1) is 13.4. The molecular formula is C23H21ClN2O2. The predicted molar refractivity (Wildman–Crippen MR) is 114 cm³/mol. The summed E-state index contributed by atoms with van der Waals surface area (Å²) in [6, 6.07) is 22.3. The maximum Gasteiger partial charge on any atom is 0.253 e. The molecule has 0 aromatic heterocycles. The lowest BCUT2D eigenvalue weighted by Crippen LogP contribution is -2.21. The molecule has 5 heteroatoms. The van der Waals surface area contributed by atoms with Crippen LogP contribution in [0.4, 0.5) is 5.69 Å². The van der Waals surface area contributed by atoms with Crippen molar-refractivity contribution >= 4 is 29.1 Å². The van der Waals surface area contributed by atoms with E-state index in [-0.39, 0.29) is 18.2 Å². The summed E-state index contributed by atoms with van der Waals surface area (Å²) in [5.74, 6) is -0.139. The first-order valence-electron chi connectivity index (χ1n) is 8.89. The number of carbonyl (C=O) groups is 2. The Bertz CT molecular complexity index is 997. The Morgan fingerprint density at radius 3 is 2.29 bits per heavy atom. The highest BCUT2D eigenvalue weighted by Crippen LogP contribution is 2.23. The molecule has 0 unspecified atom stereocenters.